The van der Waals surface area contributed by atoms with Gasteiger partial charge in [0.2, 0.25) is 18.0 Å². The van der Waals surface area contributed by atoms with Crippen LogP contribution in [0.4, 0.5) is 0 Å². The summed E-state index contributed by atoms with van der Waals surface area (Å²) in [5.41, 5.74) is 3.56. The molecular formula is C16H19N3O12. The molecule has 31 heavy (non-hydrogen) atoms. The second-order valence-electron chi connectivity index (χ2n) is 6.75. The SMILES string of the molecule is NC(=O)[C@H](O[C@H]1OC(C(=O)O)=C[C@H](O)[C@@H]1O)C1O[C@@H](n2ccc(=O)[nH]c2=O)[C@H](O)[C@@H]1O. The maximum Gasteiger partial charge on any atom is 0.371 e. The standard InChI is InChI=1S/C16H19N3O12/c17-12(25)11(31-15-7(22)4(20)3-5(29-15)14(26)27)10-8(23)9(24)13(30-10)19-2-1-6(21)18-16(19)28/h1-4,7-11,13,15,20,22-24H,(H2,17,25)(H,26,27)(H,18,21,28)/t4-,7-,8-,9+,10?,11+,13+,15+/m0/s1. The third-order valence-corrected chi connectivity index (χ3v) is 4.66. The van der Waals surface area contributed by atoms with Crippen LogP contribution in [0, 0.1) is 0 Å². The highest BCUT2D eigenvalue weighted by Gasteiger charge is 2.51. The molecule has 1 unspecified atom stereocenters. The highest BCUT2D eigenvalue weighted by Crippen LogP contribution is 2.32. The number of amides is 1. The highest BCUT2D eigenvalue weighted by atomic mass is 16.7. The summed E-state index contributed by atoms with van der Waals surface area (Å²) in [6.45, 7) is 0. The van der Waals surface area contributed by atoms with Gasteiger partial charge in [-0.05, 0) is 6.08 Å². The molecule has 0 radical (unpaired) electrons. The van der Waals surface area contributed by atoms with Crippen LogP contribution in [0.1, 0.15) is 6.23 Å². The van der Waals surface area contributed by atoms with E-state index >= 15 is 0 Å². The van der Waals surface area contributed by atoms with Crippen LogP contribution >= 0.6 is 0 Å². The number of primary amides is 1. The molecule has 1 aromatic heterocycles. The van der Waals surface area contributed by atoms with E-state index in [2.05, 4.69) is 0 Å². The number of carbonyl (C=O) groups is 2. The lowest BCUT2D eigenvalue weighted by molar-refractivity contribution is -0.241. The lowest BCUT2D eigenvalue weighted by Crippen LogP contribution is -2.53. The van der Waals surface area contributed by atoms with Gasteiger partial charge in [0.1, 0.15) is 30.5 Å². The number of hydrogen-bond acceptors (Lipinski definition) is 11. The number of rotatable bonds is 6. The molecule has 2 aliphatic rings. The minimum absolute atomic E-state index is 0.704. The molecule has 15 nitrogen and oxygen atoms in total. The first-order valence-corrected chi connectivity index (χ1v) is 8.77. The molecule has 1 saturated heterocycles. The van der Waals surface area contributed by atoms with Crippen LogP contribution in [-0.2, 0) is 23.8 Å². The Morgan fingerprint density at radius 3 is 2.42 bits per heavy atom. The topological polar surface area (TPSA) is 244 Å². The smallest absolute Gasteiger partial charge is 0.371 e. The average Bonchev–Trinajstić information content (AvgIpc) is 2.97. The van der Waals surface area contributed by atoms with Crippen molar-refractivity contribution in [2.75, 3.05) is 0 Å². The maximum absolute atomic E-state index is 12.0. The van der Waals surface area contributed by atoms with Crippen molar-refractivity contribution in [3.05, 3.63) is 44.9 Å². The number of nitrogens with two attached hydrogens (primary N) is 1. The molecule has 8 atom stereocenters. The van der Waals surface area contributed by atoms with Crippen molar-refractivity contribution in [2.45, 2.75) is 49.1 Å². The van der Waals surface area contributed by atoms with Crippen molar-refractivity contribution in [2.24, 2.45) is 5.73 Å². The number of aliphatic hydroxyl groups is 4. The lowest BCUT2D eigenvalue weighted by atomic mass is 10.0. The number of aliphatic carboxylic acids is 1. The largest absolute Gasteiger partial charge is 0.475 e. The highest BCUT2D eigenvalue weighted by molar-refractivity contribution is 5.84. The molecule has 2 aliphatic heterocycles. The first kappa shape index (κ1) is 22.6. The summed E-state index contributed by atoms with van der Waals surface area (Å²) >= 11 is 0. The second-order valence-corrected chi connectivity index (χ2v) is 6.75. The molecule has 1 fully saturated rings. The van der Waals surface area contributed by atoms with Gasteiger partial charge in [0.05, 0.1) is 0 Å². The number of aromatic nitrogens is 2. The van der Waals surface area contributed by atoms with Crippen LogP contribution in [-0.4, -0.2) is 89.9 Å². The Morgan fingerprint density at radius 2 is 1.84 bits per heavy atom. The Balaban J connectivity index is 1.85. The van der Waals surface area contributed by atoms with Gasteiger partial charge >= 0.3 is 11.7 Å². The van der Waals surface area contributed by atoms with Crippen LogP contribution in [0.25, 0.3) is 0 Å². The minimum atomic E-state index is -1.92. The number of carbonyl (C=O) groups excluding carboxylic acids is 1. The third kappa shape index (κ3) is 4.36. The van der Waals surface area contributed by atoms with Crippen molar-refractivity contribution in [3.63, 3.8) is 0 Å². The summed E-state index contributed by atoms with van der Waals surface area (Å²) in [4.78, 5) is 48.1. The van der Waals surface area contributed by atoms with E-state index < -0.39 is 78.0 Å². The van der Waals surface area contributed by atoms with E-state index in [4.69, 9.17) is 25.1 Å². The first-order chi connectivity index (χ1) is 14.5. The van der Waals surface area contributed by atoms with Gasteiger partial charge in [-0.25, -0.2) is 9.59 Å². The van der Waals surface area contributed by atoms with E-state index in [1.165, 1.54) is 0 Å². The molecule has 8 N–H and O–H groups in total. The van der Waals surface area contributed by atoms with E-state index in [-0.39, 0.29) is 0 Å². The van der Waals surface area contributed by atoms with Gasteiger partial charge in [-0.3, -0.25) is 19.1 Å². The molecule has 170 valence electrons. The van der Waals surface area contributed by atoms with E-state index in [0.29, 0.717) is 6.08 Å². The first-order valence-electron chi connectivity index (χ1n) is 8.77. The van der Waals surface area contributed by atoms with Crippen LogP contribution in [0.2, 0.25) is 0 Å². The maximum atomic E-state index is 12.0. The van der Waals surface area contributed by atoms with Gasteiger partial charge in [0, 0.05) is 12.3 Å². The lowest BCUT2D eigenvalue weighted by Gasteiger charge is -2.34. The van der Waals surface area contributed by atoms with Crippen LogP contribution in [0.3, 0.4) is 0 Å². The average molecular weight is 445 g/mol. The number of carboxylic acid groups (broad SMARTS) is 1. The quantitative estimate of drug-likeness (QED) is 0.218. The van der Waals surface area contributed by atoms with Crippen molar-refractivity contribution in [3.8, 4) is 0 Å². The summed E-state index contributed by atoms with van der Waals surface area (Å²) in [6.07, 6.45) is -12.6. The monoisotopic (exact) mass is 445 g/mol. The summed E-state index contributed by atoms with van der Waals surface area (Å²) in [7, 11) is 0. The number of hydrogen-bond donors (Lipinski definition) is 7. The molecule has 0 aliphatic carbocycles. The molecule has 0 saturated carbocycles. The van der Waals surface area contributed by atoms with Crippen molar-refractivity contribution in [1.82, 2.24) is 9.55 Å². The molecular weight excluding hydrogens is 426 g/mol. The number of nitrogens with zero attached hydrogens (tertiary/aromatic N) is 1. The molecule has 15 heteroatoms. The van der Waals surface area contributed by atoms with E-state index in [1.807, 2.05) is 4.98 Å². The molecule has 3 heterocycles. The van der Waals surface area contributed by atoms with Crippen LogP contribution in [0.5, 0.6) is 0 Å². The Labute approximate surface area is 171 Å². The number of nitrogens with one attached hydrogen (secondary N) is 1. The fourth-order valence-electron chi connectivity index (χ4n) is 3.12. The number of carboxylic acids is 1. The zero-order valence-corrected chi connectivity index (χ0v) is 15.5. The Morgan fingerprint density at radius 1 is 1.16 bits per heavy atom. The zero-order chi connectivity index (χ0) is 23.0. The van der Waals surface area contributed by atoms with Gasteiger partial charge in [0.15, 0.2) is 12.3 Å². The summed E-state index contributed by atoms with van der Waals surface area (Å²) < 4.78 is 16.2. The fraction of sp³-hybridized carbons (Fsp3) is 0.500. The van der Waals surface area contributed by atoms with Gasteiger partial charge < -0.3 is 45.5 Å². The Bertz CT molecular complexity index is 1000. The van der Waals surface area contributed by atoms with E-state index in [9.17, 15) is 39.6 Å². The predicted octanol–water partition coefficient (Wildman–Crippen LogP) is -4.93. The Hall–Kier alpha value is -3.08. The van der Waals surface area contributed by atoms with Crippen LogP contribution in [0.15, 0.2) is 33.7 Å². The molecule has 1 aromatic rings. The molecule has 3 rings (SSSR count). The van der Waals surface area contributed by atoms with Gasteiger partial charge in [0.25, 0.3) is 5.56 Å². The number of aliphatic hydroxyl groups excluding tert-OH is 4. The van der Waals surface area contributed by atoms with E-state index in [0.717, 1.165) is 16.8 Å². The minimum Gasteiger partial charge on any atom is -0.475 e. The number of aromatic amines is 1. The summed E-state index contributed by atoms with van der Waals surface area (Å²) in [6, 6.07) is 0.951. The van der Waals surface area contributed by atoms with Crippen molar-refractivity contribution in [1.29, 1.82) is 0 Å². The molecule has 0 spiro atoms. The fourth-order valence-corrected chi connectivity index (χ4v) is 3.12. The number of H-pyrrole nitrogens is 1. The predicted molar refractivity (Wildman–Crippen MR) is 93.9 cm³/mol. The molecule has 0 aromatic carbocycles. The van der Waals surface area contributed by atoms with Gasteiger partial charge in [-0.1, -0.05) is 0 Å². The van der Waals surface area contributed by atoms with Crippen molar-refractivity contribution >= 4 is 11.9 Å². The summed E-state index contributed by atoms with van der Waals surface area (Å²) in [5, 5.41) is 49.4. The van der Waals surface area contributed by atoms with Gasteiger partial charge in [-0.2, -0.15) is 0 Å². The third-order valence-electron chi connectivity index (χ3n) is 4.66. The Kier molecular flexibility index (Phi) is 6.25. The molecule has 1 amide bonds. The summed E-state index contributed by atoms with van der Waals surface area (Å²) in [5.74, 6) is -3.64. The van der Waals surface area contributed by atoms with Gasteiger partial charge in [-0.15, -0.1) is 0 Å². The van der Waals surface area contributed by atoms with Crippen molar-refractivity contribution < 1.29 is 49.3 Å². The second kappa shape index (κ2) is 8.58. The van der Waals surface area contributed by atoms with E-state index in [1.54, 1.807) is 0 Å². The molecule has 0 bridgehead atoms. The zero-order valence-electron chi connectivity index (χ0n) is 15.5. The number of ether oxygens (including phenoxy) is 3. The van der Waals surface area contributed by atoms with Crippen LogP contribution < -0.4 is 17.0 Å². The normalized spacial score (nSPS) is 33.9.